The van der Waals surface area contributed by atoms with E-state index in [0.717, 1.165) is 0 Å². The maximum atomic E-state index is 5.64. The van der Waals surface area contributed by atoms with Gasteiger partial charge in [-0.2, -0.15) is 0 Å². The van der Waals surface area contributed by atoms with E-state index in [2.05, 4.69) is 31.0 Å². The molecule has 1 aromatic carbocycles. The van der Waals surface area contributed by atoms with Gasteiger partial charge in [0, 0.05) is 0 Å². The zero-order chi connectivity index (χ0) is 10.3. The minimum atomic E-state index is -3.23. The van der Waals surface area contributed by atoms with Crippen LogP contribution in [0, 0.1) is 0 Å². The normalized spacial score (nSPS) is 23.8. The Bertz CT molecular complexity index is 340. The molecule has 6 heteroatoms. The third-order valence-corrected chi connectivity index (χ3v) is 6.26. The summed E-state index contributed by atoms with van der Waals surface area (Å²) in [5, 5.41) is 0. The van der Waals surface area contributed by atoms with Gasteiger partial charge in [-0.15, -0.1) is 0 Å². The van der Waals surface area contributed by atoms with Crippen LogP contribution in [0.4, 0.5) is 0 Å². The van der Waals surface area contributed by atoms with E-state index in [0.29, 0.717) is 18.1 Å². The van der Waals surface area contributed by atoms with E-state index in [4.69, 9.17) is 13.6 Å². The molecule has 1 aliphatic rings. The molecule has 3 nitrogen and oxygen atoms in total. The summed E-state index contributed by atoms with van der Waals surface area (Å²) in [4.78, 5) is 0. The van der Waals surface area contributed by atoms with Gasteiger partial charge in [0.05, 0.1) is 0 Å². The monoisotopic (exact) mass is 342 g/mol. The molecule has 1 aliphatic heterocycles. The SMILES string of the molecule is CCOP1(Br)(Br)Oc2ccccc2O1. The van der Waals surface area contributed by atoms with Crippen molar-refractivity contribution in [3.63, 3.8) is 0 Å². The fourth-order valence-electron chi connectivity index (χ4n) is 1.18. The predicted octanol–water partition coefficient (Wildman–Crippen LogP) is 4.41. The van der Waals surface area contributed by atoms with E-state index in [-0.39, 0.29) is 0 Å². The molecule has 78 valence electrons. The van der Waals surface area contributed by atoms with Crippen LogP contribution in [0.1, 0.15) is 6.92 Å². The van der Waals surface area contributed by atoms with Crippen molar-refractivity contribution in [2.45, 2.75) is 6.92 Å². The van der Waals surface area contributed by atoms with Crippen LogP contribution in [0.25, 0.3) is 0 Å². The molecule has 1 aromatic rings. The van der Waals surface area contributed by atoms with Crippen molar-refractivity contribution in [1.82, 2.24) is 0 Å². The van der Waals surface area contributed by atoms with Crippen LogP contribution < -0.4 is 9.05 Å². The standard InChI is InChI=1S/C8H9Br2O3P/c1-2-11-14(9,10)12-7-5-3-4-6-8(7)13-14/h3-6H,2H2,1H3. The Labute approximate surface area is 98.4 Å². The molecule has 0 spiro atoms. The predicted molar refractivity (Wildman–Crippen MR) is 64.1 cm³/mol. The van der Waals surface area contributed by atoms with Crippen molar-refractivity contribution in [3.05, 3.63) is 24.3 Å². The third-order valence-electron chi connectivity index (χ3n) is 1.67. The quantitative estimate of drug-likeness (QED) is 0.744. The minimum absolute atomic E-state index is 0.502. The summed E-state index contributed by atoms with van der Waals surface area (Å²) in [5.41, 5.74) is 0. The van der Waals surface area contributed by atoms with Gasteiger partial charge in [-0.05, 0) is 0 Å². The first-order valence-corrected chi connectivity index (χ1v) is 10.1. The molecular weight excluding hydrogens is 335 g/mol. The molecule has 0 bridgehead atoms. The van der Waals surface area contributed by atoms with Crippen LogP contribution in [-0.4, -0.2) is 6.61 Å². The van der Waals surface area contributed by atoms with Crippen LogP contribution in [0.15, 0.2) is 24.3 Å². The second-order valence-electron chi connectivity index (χ2n) is 2.75. The van der Waals surface area contributed by atoms with Gasteiger partial charge in [0.15, 0.2) is 0 Å². The Morgan fingerprint density at radius 3 is 2.14 bits per heavy atom. The average Bonchev–Trinajstić information content (AvgIpc) is 2.35. The number of fused-ring (bicyclic) bond motifs is 1. The van der Waals surface area contributed by atoms with Gasteiger partial charge in [0.25, 0.3) is 0 Å². The summed E-state index contributed by atoms with van der Waals surface area (Å²) in [7, 11) is 0. The Morgan fingerprint density at radius 1 is 1.21 bits per heavy atom. The van der Waals surface area contributed by atoms with Gasteiger partial charge in [-0.1, -0.05) is 0 Å². The second-order valence-corrected chi connectivity index (χ2v) is 15.0. The van der Waals surface area contributed by atoms with Gasteiger partial charge >= 0.3 is 98.5 Å². The van der Waals surface area contributed by atoms with Crippen molar-refractivity contribution in [1.29, 1.82) is 0 Å². The van der Waals surface area contributed by atoms with Crippen LogP contribution in [0.2, 0.25) is 0 Å². The van der Waals surface area contributed by atoms with E-state index >= 15 is 0 Å². The molecule has 0 radical (unpaired) electrons. The zero-order valence-electron chi connectivity index (χ0n) is 7.44. The first-order valence-electron chi connectivity index (χ1n) is 4.12. The Morgan fingerprint density at radius 2 is 1.71 bits per heavy atom. The van der Waals surface area contributed by atoms with Gasteiger partial charge in [-0.25, -0.2) is 0 Å². The molecule has 0 unspecified atom stereocenters. The van der Waals surface area contributed by atoms with Crippen molar-refractivity contribution >= 4 is 35.7 Å². The summed E-state index contributed by atoms with van der Waals surface area (Å²) in [5.74, 6) is 1.37. The van der Waals surface area contributed by atoms with E-state index in [9.17, 15) is 0 Å². The fourth-order valence-corrected chi connectivity index (χ4v) is 5.75. The van der Waals surface area contributed by atoms with Gasteiger partial charge < -0.3 is 0 Å². The van der Waals surface area contributed by atoms with Crippen molar-refractivity contribution < 1.29 is 13.6 Å². The Hall–Kier alpha value is 0.170. The van der Waals surface area contributed by atoms with E-state index in [1.165, 1.54) is 0 Å². The third kappa shape index (κ3) is 1.91. The fraction of sp³-hybridized carbons (Fsp3) is 0.250. The first kappa shape index (κ1) is 10.7. The molecule has 0 amide bonds. The number of hydrogen-bond acceptors (Lipinski definition) is 3. The molecule has 0 fully saturated rings. The van der Waals surface area contributed by atoms with Crippen LogP contribution >= 0.6 is 35.7 Å². The first-order chi connectivity index (χ1) is 6.52. The van der Waals surface area contributed by atoms with Crippen molar-refractivity contribution in [3.8, 4) is 11.5 Å². The molecule has 0 saturated carbocycles. The van der Waals surface area contributed by atoms with Gasteiger partial charge in [0.1, 0.15) is 0 Å². The molecule has 0 aromatic heterocycles. The molecule has 0 N–H and O–H groups in total. The second kappa shape index (κ2) is 3.34. The Balaban J connectivity index is 2.34. The number of halogens is 2. The van der Waals surface area contributed by atoms with Gasteiger partial charge in [-0.3, -0.25) is 0 Å². The summed E-state index contributed by atoms with van der Waals surface area (Å²) in [6, 6.07) is 7.45. The number of hydrogen-bond donors (Lipinski definition) is 0. The van der Waals surface area contributed by atoms with E-state index in [1.54, 1.807) is 0 Å². The average molecular weight is 344 g/mol. The summed E-state index contributed by atoms with van der Waals surface area (Å²) in [6.07, 6.45) is 0. The summed E-state index contributed by atoms with van der Waals surface area (Å²) >= 11 is 6.74. The number of benzene rings is 1. The molecule has 0 saturated heterocycles. The van der Waals surface area contributed by atoms with Crippen molar-refractivity contribution in [2.24, 2.45) is 0 Å². The zero-order valence-corrected chi connectivity index (χ0v) is 11.5. The Kier molecular flexibility index (Phi) is 2.55. The van der Waals surface area contributed by atoms with E-state index in [1.807, 2.05) is 31.2 Å². The molecular formula is C8H9Br2O3P. The molecule has 0 aliphatic carbocycles. The summed E-state index contributed by atoms with van der Waals surface area (Å²) < 4.78 is 13.5. The van der Waals surface area contributed by atoms with Crippen LogP contribution in [0.5, 0.6) is 11.5 Å². The summed E-state index contributed by atoms with van der Waals surface area (Å²) in [6.45, 7) is 2.38. The number of rotatable bonds is 2. The van der Waals surface area contributed by atoms with Crippen LogP contribution in [-0.2, 0) is 4.52 Å². The number of para-hydroxylation sites is 2. The van der Waals surface area contributed by atoms with Crippen molar-refractivity contribution in [2.75, 3.05) is 6.61 Å². The molecule has 1 heterocycles. The molecule has 2 rings (SSSR count). The van der Waals surface area contributed by atoms with Gasteiger partial charge in [0.2, 0.25) is 0 Å². The molecule has 0 atom stereocenters. The topological polar surface area (TPSA) is 27.7 Å². The van der Waals surface area contributed by atoms with E-state index < -0.39 is 4.69 Å². The maximum absolute atomic E-state index is 5.64. The van der Waals surface area contributed by atoms with Crippen LogP contribution in [0.3, 0.4) is 0 Å². The molecule has 14 heavy (non-hydrogen) atoms.